The van der Waals surface area contributed by atoms with Crippen molar-refractivity contribution in [3.05, 3.63) is 27.5 Å². The molecular formula is C8H5BrClF2NO. The molecule has 0 radical (unpaired) electrons. The van der Waals surface area contributed by atoms with Crippen LogP contribution < -0.4 is 0 Å². The SMILES string of the molecule is O=Cc1cc(CCl)c(C(F)F)c(Br)n1. The molecule has 0 N–H and O–H groups in total. The molecule has 1 heterocycles. The van der Waals surface area contributed by atoms with Gasteiger partial charge < -0.3 is 0 Å². The zero-order valence-corrected chi connectivity index (χ0v) is 9.15. The summed E-state index contributed by atoms with van der Waals surface area (Å²) in [6.07, 6.45) is -2.18. The highest BCUT2D eigenvalue weighted by Gasteiger charge is 2.18. The first-order chi connectivity index (χ1) is 6.60. The zero-order valence-electron chi connectivity index (χ0n) is 6.81. The molecule has 0 aliphatic carbocycles. The number of rotatable bonds is 3. The summed E-state index contributed by atoms with van der Waals surface area (Å²) in [5, 5.41) is 0. The van der Waals surface area contributed by atoms with Crippen LogP contribution in [0.1, 0.15) is 28.0 Å². The maximum atomic E-state index is 12.5. The topological polar surface area (TPSA) is 30.0 Å². The number of hydrogen-bond donors (Lipinski definition) is 0. The maximum absolute atomic E-state index is 12.5. The van der Waals surface area contributed by atoms with Crippen LogP contribution in [-0.2, 0) is 5.88 Å². The molecule has 0 fully saturated rings. The van der Waals surface area contributed by atoms with E-state index in [1.165, 1.54) is 6.07 Å². The van der Waals surface area contributed by atoms with Gasteiger partial charge in [-0.05, 0) is 27.6 Å². The number of hydrogen-bond acceptors (Lipinski definition) is 2. The monoisotopic (exact) mass is 283 g/mol. The molecule has 1 aromatic heterocycles. The first-order valence-electron chi connectivity index (χ1n) is 3.58. The molecule has 0 saturated carbocycles. The van der Waals surface area contributed by atoms with Crippen molar-refractivity contribution in [2.24, 2.45) is 0 Å². The summed E-state index contributed by atoms with van der Waals surface area (Å²) in [7, 11) is 0. The van der Waals surface area contributed by atoms with E-state index in [9.17, 15) is 13.6 Å². The predicted molar refractivity (Wildman–Crippen MR) is 51.8 cm³/mol. The lowest BCUT2D eigenvalue weighted by molar-refractivity contribution is 0.111. The molecule has 1 rings (SSSR count). The van der Waals surface area contributed by atoms with Crippen LogP contribution in [0.5, 0.6) is 0 Å². The number of aromatic nitrogens is 1. The van der Waals surface area contributed by atoms with Crippen LogP contribution >= 0.6 is 27.5 Å². The molecule has 0 aliphatic rings. The van der Waals surface area contributed by atoms with E-state index in [1.807, 2.05) is 0 Å². The fourth-order valence-corrected chi connectivity index (χ4v) is 1.85. The van der Waals surface area contributed by atoms with Gasteiger partial charge in [0, 0.05) is 5.88 Å². The Morgan fingerprint density at radius 3 is 2.71 bits per heavy atom. The third kappa shape index (κ3) is 2.27. The Kier molecular flexibility index (Phi) is 3.95. The average molecular weight is 284 g/mol. The Labute approximate surface area is 92.4 Å². The number of carbonyl (C=O) groups excluding carboxylic acids is 1. The van der Waals surface area contributed by atoms with E-state index in [-0.39, 0.29) is 27.3 Å². The van der Waals surface area contributed by atoms with Gasteiger partial charge in [0.1, 0.15) is 10.3 Å². The second-order valence-electron chi connectivity index (χ2n) is 2.46. The van der Waals surface area contributed by atoms with Crippen LogP contribution in [0.2, 0.25) is 0 Å². The maximum Gasteiger partial charge on any atom is 0.266 e. The first kappa shape index (κ1) is 11.5. The highest BCUT2D eigenvalue weighted by atomic mass is 79.9. The fourth-order valence-electron chi connectivity index (χ4n) is 0.996. The molecule has 76 valence electrons. The minimum Gasteiger partial charge on any atom is -0.296 e. The molecule has 0 unspecified atom stereocenters. The van der Waals surface area contributed by atoms with E-state index < -0.39 is 6.43 Å². The number of pyridine rings is 1. The molecule has 0 saturated heterocycles. The Morgan fingerprint density at radius 2 is 2.29 bits per heavy atom. The van der Waals surface area contributed by atoms with Crippen LogP contribution in [0, 0.1) is 0 Å². The molecule has 2 nitrogen and oxygen atoms in total. The quantitative estimate of drug-likeness (QED) is 0.484. The largest absolute Gasteiger partial charge is 0.296 e. The van der Waals surface area contributed by atoms with Gasteiger partial charge in [-0.1, -0.05) is 0 Å². The summed E-state index contributed by atoms with van der Waals surface area (Å²) in [6.45, 7) is 0. The fraction of sp³-hybridized carbons (Fsp3) is 0.250. The van der Waals surface area contributed by atoms with Crippen molar-refractivity contribution < 1.29 is 13.6 Å². The smallest absolute Gasteiger partial charge is 0.266 e. The Balaban J connectivity index is 3.34. The zero-order chi connectivity index (χ0) is 10.7. The van der Waals surface area contributed by atoms with Crippen LogP contribution in [0.4, 0.5) is 8.78 Å². The van der Waals surface area contributed by atoms with Gasteiger partial charge in [0.25, 0.3) is 6.43 Å². The lowest BCUT2D eigenvalue weighted by atomic mass is 10.1. The number of nitrogens with zero attached hydrogens (tertiary/aromatic N) is 1. The van der Waals surface area contributed by atoms with Gasteiger partial charge in [-0.25, -0.2) is 13.8 Å². The summed E-state index contributed by atoms with van der Waals surface area (Å²) in [5.41, 5.74) is 0.0353. The van der Waals surface area contributed by atoms with E-state index in [0.29, 0.717) is 6.29 Å². The molecule has 1 aromatic rings. The van der Waals surface area contributed by atoms with Crippen molar-refractivity contribution in [2.75, 3.05) is 0 Å². The van der Waals surface area contributed by atoms with Crippen molar-refractivity contribution >= 4 is 33.8 Å². The van der Waals surface area contributed by atoms with Crippen molar-refractivity contribution in [1.29, 1.82) is 0 Å². The number of carbonyl (C=O) groups is 1. The lowest BCUT2D eigenvalue weighted by Crippen LogP contribution is -2.00. The third-order valence-corrected chi connectivity index (χ3v) is 2.49. The van der Waals surface area contributed by atoms with E-state index in [0.717, 1.165) is 0 Å². The third-order valence-electron chi connectivity index (χ3n) is 1.60. The summed E-state index contributed by atoms with van der Waals surface area (Å²) in [4.78, 5) is 14.0. The van der Waals surface area contributed by atoms with Crippen LogP contribution in [0.3, 0.4) is 0 Å². The molecule has 14 heavy (non-hydrogen) atoms. The summed E-state index contributed by atoms with van der Waals surface area (Å²) in [5.74, 6) is -0.0817. The summed E-state index contributed by atoms with van der Waals surface area (Å²) >= 11 is 8.35. The number of halogens is 4. The highest BCUT2D eigenvalue weighted by molar-refractivity contribution is 9.10. The van der Waals surface area contributed by atoms with E-state index in [4.69, 9.17) is 11.6 Å². The lowest BCUT2D eigenvalue weighted by Gasteiger charge is -2.08. The van der Waals surface area contributed by atoms with Gasteiger partial charge in [0.15, 0.2) is 6.29 Å². The summed E-state index contributed by atoms with van der Waals surface area (Å²) in [6, 6.07) is 1.26. The van der Waals surface area contributed by atoms with Crippen molar-refractivity contribution in [3.8, 4) is 0 Å². The van der Waals surface area contributed by atoms with Crippen molar-refractivity contribution in [3.63, 3.8) is 0 Å². The Bertz CT molecular complexity index is 359. The van der Waals surface area contributed by atoms with Crippen molar-refractivity contribution in [2.45, 2.75) is 12.3 Å². The standard InChI is InChI=1S/C8H5BrClF2NO/c9-7-6(8(11)12)4(2-10)1-5(3-14)13-7/h1,3,8H,2H2. The van der Waals surface area contributed by atoms with Gasteiger partial charge in [-0.3, -0.25) is 4.79 Å². The second-order valence-corrected chi connectivity index (χ2v) is 3.48. The molecule has 0 aromatic carbocycles. The number of alkyl halides is 3. The molecule has 6 heteroatoms. The molecule has 0 amide bonds. The average Bonchev–Trinajstić information content (AvgIpc) is 2.15. The molecule has 0 atom stereocenters. The predicted octanol–water partition coefficient (Wildman–Crippen LogP) is 3.33. The first-order valence-corrected chi connectivity index (χ1v) is 4.91. The summed E-state index contributed by atoms with van der Waals surface area (Å²) < 4.78 is 25.0. The molecule has 0 spiro atoms. The second kappa shape index (κ2) is 4.79. The number of aldehydes is 1. The minimum atomic E-state index is -2.66. The van der Waals surface area contributed by atoms with Gasteiger partial charge in [-0.2, -0.15) is 0 Å². The van der Waals surface area contributed by atoms with Gasteiger partial charge in [-0.15, -0.1) is 11.6 Å². The molecule has 0 bridgehead atoms. The van der Waals surface area contributed by atoms with Gasteiger partial charge in [0.05, 0.1) is 5.56 Å². The van der Waals surface area contributed by atoms with Crippen LogP contribution in [0.15, 0.2) is 10.7 Å². The molecule has 0 aliphatic heterocycles. The van der Waals surface area contributed by atoms with E-state index >= 15 is 0 Å². The van der Waals surface area contributed by atoms with Crippen molar-refractivity contribution in [1.82, 2.24) is 4.98 Å². The Hall–Kier alpha value is -0.550. The van der Waals surface area contributed by atoms with Gasteiger partial charge >= 0.3 is 0 Å². The van der Waals surface area contributed by atoms with Crippen LogP contribution in [-0.4, -0.2) is 11.3 Å². The van der Waals surface area contributed by atoms with Crippen LogP contribution in [0.25, 0.3) is 0 Å². The normalized spacial score (nSPS) is 10.6. The molecular weight excluding hydrogens is 279 g/mol. The minimum absolute atomic E-state index is 0.0345. The van der Waals surface area contributed by atoms with Gasteiger partial charge in [0.2, 0.25) is 0 Å². The van der Waals surface area contributed by atoms with E-state index in [2.05, 4.69) is 20.9 Å². The highest BCUT2D eigenvalue weighted by Crippen LogP contribution is 2.30. The van der Waals surface area contributed by atoms with E-state index in [1.54, 1.807) is 0 Å². The Morgan fingerprint density at radius 1 is 1.64 bits per heavy atom.